The van der Waals surface area contributed by atoms with E-state index in [1.54, 1.807) is 12.1 Å². The molecule has 1 rings (SSSR count). The minimum atomic E-state index is -0.752. The molecule has 0 aliphatic heterocycles. The molecule has 0 spiro atoms. The van der Waals surface area contributed by atoms with Gasteiger partial charge in [-0.2, -0.15) is 0 Å². The zero-order valence-corrected chi connectivity index (χ0v) is 9.64. The summed E-state index contributed by atoms with van der Waals surface area (Å²) in [5.74, 6) is 0. The SMILES string of the molecule is OC(C=C(Cl)Cl)c1ccc(Br)cc1. The van der Waals surface area contributed by atoms with E-state index >= 15 is 0 Å². The van der Waals surface area contributed by atoms with E-state index < -0.39 is 6.10 Å². The molecule has 0 fully saturated rings. The van der Waals surface area contributed by atoms with Crippen molar-refractivity contribution < 1.29 is 5.11 Å². The number of halogens is 3. The lowest BCUT2D eigenvalue weighted by molar-refractivity contribution is 0.228. The highest BCUT2D eigenvalue weighted by Crippen LogP contribution is 2.20. The van der Waals surface area contributed by atoms with Crippen LogP contribution in [0.2, 0.25) is 0 Å². The molecule has 1 N–H and O–H groups in total. The van der Waals surface area contributed by atoms with E-state index in [1.165, 1.54) is 6.08 Å². The maximum atomic E-state index is 9.52. The molecule has 4 heteroatoms. The van der Waals surface area contributed by atoms with Gasteiger partial charge in [-0.3, -0.25) is 0 Å². The Morgan fingerprint density at radius 3 is 2.31 bits per heavy atom. The van der Waals surface area contributed by atoms with Crippen molar-refractivity contribution in [2.45, 2.75) is 6.10 Å². The Morgan fingerprint density at radius 1 is 1.31 bits per heavy atom. The van der Waals surface area contributed by atoms with Crippen molar-refractivity contribution in [1.29, 1.82) is 0 Å². The third-order valence-electron chi connectivity index (χ3n) is 1.50. The highest BCUT2D eigenvalue weighted by atomic mass is 79.9. The molecule has 13 heavy (non-hydrogen) atoms. The van der Waals surface area contributed by atoms with Crippen molar-refractivity contribution in [2.75, 3.05) is 0 Å². The van der Waals surface area contributed by atoms with E-state index in [9.17, 15) is 5.11 Å². The van der Waals surface area contributed by atoms with Gasteiger partial charge in [0.2, 0.25) is 0 Å². The highest BCUT2D eigenvalue weighted by Gasteiger charge is 2.03. The summed E-state index contributed by atoms with van der Waals surface area (Å²) in [4.78, 5) is 0. The van der Waals surface area contributed by atoms with E-state index in [0.29, 0.717) is 0 Å². The van der Waals surface area contributed by atoms with Crippen LogP contribution in [0.4, 0.5) is 0 Å². The number of aliphatic hydroxyl groups excluding tert-OH is 1. The predicted molar refractivity (Wildman–Crippen MR) is 58.9 cm³/mol. The second kappa shape index (κ2) is 5.01. The summed E-state index contributed by atoms with van der Waals surface area (Å²) in [5.41, 5.74) is 0.752. The Balaban J connectivity index is 2.83. The monoisotopic (exact) mass is 280 g/mol. The Bertz CT molecular complexity index is 304. The maximum absolute atomic E-state index is 9.52. The van der Waals surface area contributed by atoms with Crippen molar-refractivity contribution in [3.8, 4) is 0 Å². The molecular formula is C9H7BrCl2O. The average Bonchev–Trinajstić information content (AvgIpc) is 2.04. The lowest BCUT2D eigenvalue weighted by atomic mass is 10.1. The minimum Gasteiger partial charge on any atom is -0.384 e. The van der Waals surface area contributed by atoms with Gasteiger partial charge in [0.05, 0.1) is 6.10 Å². The van der Waals surface area contributed by atoms with Crippen molar-refractivity contribution in [2.24, 2.45) is 0 Å². The van der Waals surface area contributed by atoms with Gasteiger partial charge in [-0.05, 0) is 23.8 Å². The number of aliphatic hydroxyl groups is 1. The van der Waals surface area contributed by atoms with Crippen molar-refractivity contribution in [1.82, 2.24) is 0 Å². The van der Waals surface area contributed by atoms with Crippen molar-refractivity contribution in [3.63, 3.8) is 0 Å². The molecule has 0 radical (unpaired) electrons. The fourth-order valence-electron chi connectivity index (χ4n) is 0.876. The normalized spacial score (nSPS) is 12.3. The third-order valence-corrected chi connectivity index (χ3v) is 2.28. The number of benzene rings is 1. The summed E-state index contributed by atoms with van der Waals surface area (Å²) in [6, 6.07) is 7.27. The van der Waals surface area contributed by atoms with E-state index in [4.69, 9.17) is 23.2 Å². The first kappa shape index (κ1) is 11.1. The van der Waals surface area contributed by atoms with E-state index in [2.05, 4.69) is 15.9 Å². The first-order chi connectivity index (χ1) is 6.09. The van der Waals surface area contributed by atoms with Gasteiger partial charge in [0.15, 0.2) is 0 Å². The van der Waals surface area contributed by atoms with Crippen LogP contribution in [0.3, 0.4) is 0 Å². The fraction of sp³-hybridized carbons (Fsp3) is 0.111. The number of hydrogen-bond acceptors (Lipinski definition) is 1. The molecule has 70 valence electrons. The first-order valence-electron chi connectivity index (χ1n) is 3.56. The van der Waals surface area contributed by atoms with Gasteiger partial charge in [0, 0.05) is 4.47 Å². The lowest BCUT2D eigenvalue weighted by Crippen LogP contribution is -1.92. The van der Waals surface area contributed by atoms with Crippen LogP contribution in [0.25, 0.3) is 0 Å². The van der Waals surface area contributed by atoms with Crippen LogP contribution < -0.4 is 0 Å². The summed E-state index contributed by atoms with van der Waals surface area (Å²) in [5, 5.41) is 9.52. The molecule has 0 heterocycles. The molecule has 1 nitrogen and oxygen atoms in total. The number of rotatable bonds is 2. The van der Waals surface area contributed by atoms with Gasteiger partial charge >= 0.3 is 0 Å². The second-order valence-corrected chi connectivity index (χ2v) is 4.38. The second-order valence-electron chi connectivity index (χ2n) is 2.45. The highest BCUT2D eigenvalue weighted by molar-refractivity contribution is 9.10. The molecule has 0 aliphatic rings. The Hall–Kier alpha value is -0.0200. The molecule has 0 saturated carbocycles. The van der Waals surface area contributed by atoms with Crippen LogP contribution in [0.5, 0.6) is 0 Å². The van der Waals surface area contributed by atoms with Crippen LogP contribution >= 0.6 is 39.1 Å². The van der Waals surface area contributed by atoms with Crippen LogP contribution in [0.15, 0.2) is 39.3 Å². The summed E-state index contributed by atoms with van der Waals surface area (Å²) >= 11 is 14.1. The zero-order chi connectivity index (χ0) is 9.84. The summed E-state index contributed by atoms with van der Waals surface area (Å²) in [6.07, 6.45) is 0.616. The fourth-order valence-corrected chi connectivity index (χ4v) is 1.38. The predicted octanol–water partition coefficient (Wildman–Crippen LogP) is 3.80. The van der Waals surface area contributed by atoms with Crippen molar-refractivity contribution in [3.05, 3.63) is 44.9 Å². The van der Waals surface area contributed by atoms with Gasteiger partial charge in [-0.1, -0.05) is 51.3 Å². The molecule has 1 aromatic rings. The Kier molecular flexibility index (Phi) is 4.26. The molecule has 1 aromatic carbocycles. The Morgan fingerprint density at radius 2 is 1.85 bits per heavy atom. The maximum Gasteiger partial charge on any atom is 0.105 e. The molecule has 0 saturated heterocycles. The summed E-state index contributed by atoms with van der Waals surface area (Å²) in [6.45, 7) is 0. The largest absolute Gasteiger partial charge is 0.384 e. The van der Waals surface area contributed by atoms with Gasteiger partial charge in [-0.25, -0.2) is 0 Å². The Labute approximate surface area is 95.1 Å². The van der Waals surface area contributed by atoms with Crippen LogP contribution in [-0.4, -0.2) is 5.11 Å². The quantitative estimate of drug-likeness (QED) is 0.874. The average molecular weight is 282 g/mol. The summed E-state index contributed by atoms with van der Waals surface area (Å²) in [7, 11) is 0. The van der Waals surface area contributed by atoms with Crippen molar-refractivity contribution >= 4 is 39.1 Å². The molecule has 0 aromatic heterocycles. The summed E-state index contributed by atoms with van der Waals surface area (Å²) < 4.78 is 1.03. The van der Waals surface area contributed by atoms with Gasteiger partial charge < -0.3 is 5.11 Å². The number of hydrogen-bond donors (Lipinski definition) is 1. The lowest BCUT2D eigenvalue weighted by Gasteiger charge is -2.05. The van der Waals surface area contributed by atoms with Gasteiger partial charge in [0.25, 0.3) is 0 Å². The van der Waals surface area contributed by atoms with Gasteiger partial charge in [-0.15, -0.1) is 0 Å². The molecular weight excluding hydrogens is 275 g/mol. The van der Waals surface area contributed by atoms with Gasteiger partial charge in [0.1, 0.15) is 4.49 Å². The molecule has 1 unspecified atom stereocenters. The molecule has 0 amide bonds. The van der Waals surface area contributed by atoms with E-state index in [1.807, 2.05) is 12.1 Å². The molecule has 0 bridgehead atoms. The van der Waals surface area contributed by atoms with E-state index in [0.717, 1.165) is 10.0 Å². The molecule has 1 atom stereocenters. The van der Waals surface area contributed by atoms with Crippen LogP contribution in [0, 0.1) is 0 Å². The molecule has 0 aliphatic carbocycles. The third kappa shape index (κ3) is 3.69. The standard InChI is InChI=1S/C9H7BrCl2O/c10-7-3-1-6(2-4-7)8(13)5-9(11)12/h1-5,8,13H. The zero-order valence-electron chi connectivity index (χ0n) is 6.55. The first-order valence-corrected chi connectivity index (χ1v) is 5.11. The minimum absolute atomic E-state index is 0.0652. The smallest absolute Gasteiger partial charge is 0.105 e. The van der Waals surface area contributed by atoms with E-state index in [-0.39, 0.29) is 4.49 Å². The van der Waals surface area contributed by atoms with Crippen LogP contribution in [-0.2, 0) is 0 Å². The topological polar surface area (TPSA) is 20.2 Å². The van der Waals surface area contributed by atoms with Crippen LogP contribution in [0.1, 0.15) is 11.7 Å².